The fourth-order valence-electron chi connectivity index (χ4n) is 4.87. The summed E-state index contributed by atoms with van der Waals surface area (Å²) in [5.41, 5.74) is 5.30. The average Bonchev–Trinajstić information content (AvgIpc) is 3.69. The Bertz CT molecular complexity index is 1920. The van der Waals surface area contributed by atoms with Crippen molar-refractivity contribution in [3.05, 3.63) is 102 Å². The van der Waals surface area contributed by atoms with E-state index in [1.165, 1.54) is 0 Å². The van der Waals surface area contributed by atoms with E-state index in [0.717, 1.165) is 39.5 Å². The lowest BCUT2D eigenvalue weighted by Gasteiger charge is -2.13. The Morgan fingerprint density at radius 2 is 1.93 bits per heavy atom. The fourth-order valence-corrected chi connectivity index (χ4v) is 5.57. The predicted molar refractivity (Wildman–Crippen MR) is 179 cm³/mol. The van der Waals surface area contributed by atoms with E-state index in [-0.39, 0.29) is 12.3 Å². The molecule has 6 rings (SSSR count). The van der Waals surface area contributed by atoms with E-state index in [2.05, 4.69) is 20.5 Å². The number of hydrogen-bond acceptors (Lipinski definition) is 9. The van der Waals surface area contributed by atoms with E-state index in [1.807, 2.05) is 109 Å². The van der Waals surface area contributed by atoms with Gasteiger partial charge in [-0.2, -0.15) is 5.10 Å². The monoisotopic (exact) mass is 619 g/mol. The third-order valence-electron chi connectivity index (χ3n) is 7.01. The number of aromatic nitrogens is 4. The topological polar surface area (TPSA) is 106 Å². The molecule has 0 saturated carbocycles. The summed E-state index contributed by atoms with van der Waals surface area (Å²) in [5.74, 6) is 1.64. The van der Waals surface area contributed by atoms with Gasteiger partial charge < -0.3 is 25.0 Å². The van der Waals surface area contributed by atoms with Crippen LogP contribution in [-0.2, 0) is 11.2 Å². The van der Waals surface area contributed by atoms with Crippen LogP contribution in [0.4, 0.5) is 17.3 Å². The molecule has 0 aliphatic carbocycles. The minimum atomic E-state index is -0.123. The zero-order chi connectivity index (χ0) is 31.2. The lowest BCUT2D eigenvalue weighted by atomic mass is 10.0. The van der Waals surface area contributed by atoms with Gasteiger partial charge >= 0.3 is 0 Å². The van der Waals surface area contributed by atoms with Crippen LogP contribution in [0.15, 0.2) is 96.6 Å². The number of pyridine rings is 1. The van der Waals surface area contributed by atoms with Crippen molar-refractivity contribution in [2.45, 2.75) is 6.42 Å². The minimum Gasteiger partial charge on any atom is -0.495 e. The molecule has 0 spiro atoms. The fraction of sp³-hybridized carbons (Fsp3) is 0.176. The van der Waals surface area contributed by atoms with Gasteiger partial charge in [0, 0.05) is 41.1 Å². The largest absolute Gasteiger partial charge is 0.495 e. The lowest BCUT2D eigenvalue weighted by molar-refractivity contribution is -0.115. The number of rotatable bonds is 12. The summed E-state index contributed by atoms with van der Waals surface area (Å²) in [6.07, 6.45) is 3.91. The summed E-state index contributed by atoms with van der Waals surface area (Å²) >= 11 is 1.55. The van der Waals surface area contributed by atoms with Gasteiger partial charge in [0.05, 0.1) is 36.0 Å². The van der Waals surface area contributed by atoms with Gasteiger partial charge in [-0.25, -0.2) is 14.5 Å². The number of thiophene rings is 1. The second-order valence-corrected chi connectivity index (χ2v) is 11.6. The van der Waals surface area contributed by atoms with Crippen LogP contribution in [0, 0.1) is 0 Å². The second-order valence-electron chi connectivity index (χ2n) is 10.5. The molecule has 6 aromatic rings. The van der Waals surface area contributed by atoms with Crippen LogP contribution in [0.2, 0.25) is 0 Å². The number of methoxy groups -OCH3 is 1. The lowest BCUT2D eigenvalue weighted by Crippen LogP contribution is -2.19. The van der Waals surface area contributed by atoms with Crippen molar-refractivity contribution >= 4 is 40.1 Å². The van der Waals surface area contributed by atoms with Gasteiger partial charge in [-0.3, -0.25) is 4.79 Å². The highest BCUT2D eigenvalue weighted by Crippen LogP contribution is 2.38. The molecule has 0 bridgehead atoms. The van der Waals surface area contributed by atoms with Gasteiger partial charge in [0.1, 0.15) is 23.8 Å². The molecule has 0 aliphatic rings. The molecule has 11 heteroatoms. The van der Waals surface area contributed by atoms with E-state index < -0.39 is 0 Å². The number of carbonyl (C=O) groups is 1. The first-order valence-electron chi connectivity index (χ1n) is 14.4. The zero-order valence-corrected chi connectivity index (χ0v) is 26.0. The molecule has 0 fully saturated rings. The van der Waals surface area contributed by atoms with Crippen LogP contribution in [-0.4, -0.2) is 64.7 Å². The van der Waals surface area contributed by atoms with Crippen molar-refractivity contribution in [3.8, 4) is 34.0 Å². The molecule has 0 unspecified atom stereocenters. The molecule has 45 heavy (non-hydrogen) atoms. The van der Waals surface area contributed by atoms with Crippen molar-refractivity contribution < 1.29 is 14.3 Å². The van der Waals surface area contributed by atoms with Gasteiger partial charge in [0.15, 0.2) is 0 Å². The van der Waals surface area contributed by atoms with Gasteiger partial charge in [-0.1, -0.05) is 18.2 Å². The maximum absolute atomic E-state index is 12.9. The molecule has 0 saturated heterocycles. The smallest absolute Gasteiger partial charge is 0.229 e. The Balaban J connectivity index is 1.32. The molecule has 2 N–H and O–H groups in total. The van der Waals surface area contributed by atoms with Crippen molar-refractivity contribution in [2.75, 3.05) is 45.0 Å². The molecular weight excluding hydrogens is 586 g/mol. The predicted octanol–water partition coefficient (Wildman–Crippen LogP) is 6.39. The molecule has 0 radical (unpaired) electrons. The number of likely N-dealkylation sites (N-methyl/N-ethyl adjacent to an activating group) is 1. The van der Waals surface area contributed by atoms with Crippen LogP contribution >= 0.6 is 11.3 Å². The number of anilines is 3. The second kappa shape index (κ2) is 13.6. The Hall–Kier alpha value is -5.26. The van der Waals surface area contributed by atoms with Gasteiger partial charge in [-0.15, -0.1) is 11.3 Å². The highest BCUT2D eigenvalue weighted by molar-refractivity contribution is 7.10. The Kier molecular flexibility index (Phi) is 8.99. The van der Waals surface area contributed by atoms with Crippen molar-refractivity contribution in [3.63, 3.8) is 0 Å². The first-order valence-corrected chi connectivity index (χ1v) is 15.3. The quantitative estimate of drug-likeness (QED) is 0.162. The Morgan fingerprint density at radius 3 is 2.76 bits per heavy atom. The van der Waals surface area contributed by atoms with E-state index >= 15 is 0 Å². The van der Waals surface area contributed by atoms with Crippen LogP contribution in [0.5, 0.6) is 11.5 Å². The summed E-state index contributed by atoms with van der Waals surface area (Å²) in [4.78, 5) is 25.3. The summed E-state index contributed by atoms with van der Waals surface area (Å²) in [6, 6.07) is 25.0. The first kappa shape index (κ1) is 29.8. The summed E-state index contributed by atoms with van der Waals surface area (Å²) < 4.78 is 13.3. The molecule has 228 valence electrons. The Morgan fingerprint density at radius 1 is 1.02 bits per heavy atom. The first-order chi connectivity index (χ1) is 22.0. The summed E-state index contributed by atoms with van der Waals surface area (Å²) in [5, 5.41) is 13.2. The van der Waals surface area contributed by atoms with Crippen LogP contribution in [0.1, 0.15) is 4.88 Å². The number of nitrogens with one attached hydrogen (secondary N) is 2. The number of ether oxygens (including phenoxy) is 2. The van der Waals surface area contributed by atoms with Crippen molar-refractivity contribution in [1.29, 1.82) is 0 Å². The van der Waals surface area contributed by atoms with Crippen LogP contribution in [0.25, 0.3) is 28.0 Å². The number of benzene rings is 2. The van der Waals surface area contributed by atoms with Gasteiger partial charge in [0.2, 0.25) is 11.9 Å². The summed E-state index contributed by atoms with van der Waals surface area (Å²) in [6.45, 7) is 1.41. The summed E-state index contributed by atoms with van der Waals surface area (Å²) in [7, 11) is 5.61. The number of fused-ring (bicyclic) bond motifs is 1. The molecule has 1 amide bonds. The number of amides is 1. The highest BCUT2D eigenvalue weighted by atomic mass is 32.1. The third kappa shape index (κ3) is 7.11. The standard InChI is InChI=1S/C34H33N7O3S/c1-40(2)17-18-44-25-9-6-8-24(21-25)36-34-35-15-14-27(38-34)32-29-11-4-5-16-41(29)39-33(32)23-12-13-30(43-3)28(20-23)37-31(42)22-26-10-7-19-45-26/h4-16,19-21H,17-18,22H2,1-3H3,(H,37,42)(H,35,36,38). The molecule has 4 heterocycles. The van der Waals surface area contributed by atoms with E-state index in [0.29, 0.717) is 35.4 Å². The number of hydrogen-bond donors (Lipinski definition) is 2. The van der Waals surface area contributed by atoms with E-state index in [4.69, 9.17) is 19.6 Å². The molecular formula is C34H33N7O3S. The van der Waals surface area contributed by atoms with Crippen molar-refractivity contribution in [1.82, 2.24) is 24.5 Å². The normalized spacial score (nSPS) is 11.1. The van der Waals surface area contributed by atoms with E-state index in [9.17, 15) is 4.79 Å². The molecule has 4 aromatic heterocycles. The maximum atomic E-state index is 12.9. The highest BCUT2D eigenvalue weighted by Gasteiger charge is 2.20. The molecule has 0 atom stereocenters. The van der Waals surface area contributed by atoms with Crippen molar-refractivity contribution in [2.24, 2.45) is 0 Å². The molecule has 10 nitrogen and oxygen atoms in total. The average molecular weight is 620 g/mol. The third-order valence-corrected chi connectivity index (χ3v) is 7.89. The maximum Gasteiger partial charge on any atom is 0.229 e. The van der Waals surface area contributed by atoms with Crippen LogP contribution in [0.3, 0.4) is 0 Å². The van der Waals surface area contributed by atoms with Gasteiger partial charge in [-0.05, 0) is 74.1 Å². The number of carbonyl (C=O) groups excluding carboxylic acids is 1. The minimum absolute atomic E-state index is 0.123. The Labute approximate surface area is 265 Å². The van der Waals surface area contributed by atoms with Gasteiger partial charge in [0.25, 0.3) is 0 Å². The zero-order valence-electron chi connectivity index (χ0n) is 25.2. The van der Waals surface area contributed by atoms with E-state index in [1.54, 1.807) is 24.6 Å². The molecule has 2 aromatic carbocycles. The number of nitrogens with zero attached hydrogens (tertiary/aromatic N) is 5. The van der Waals surface area contributed by atoms with Crippen LogP contribution < -0.4 is 20.1 Å². The molecule has 0 aliphatic heterocycles. The SMILES string of the molecule is COc1ccc(-c2nn3ccccc3c2-c2ccnc(Nc3cccc(OCCN(C)C)c3)n2)cc1NC(=O)Cc1cccs1.